The smallest absolute Gasteiger partial charge is 0.224 e. The van der Waals surface area contributed by atoms with Gasteiger partial charge < -0.3 is 10.2 Å². The molecule has 0 bridgehead atoms. The molecule has 0 saturated heterocycles. The van der Waals surface area contributed by atoms with Crippen LogP contribution in [0, 0.1) is 6.57 Å². The standard InChI is InChI=1S/C12H11BrN4O/c1-14-5-2-3-12(18)16-9-4-6-17-11(7-9)10(13)8-15-17/h4,6-8H,2-3,5H2,(H,16,18). The minimum atomic E-state index is -0.0707. The summed E-state index contributed by atoms with van der Waals surface area (Å²) in [7, 11) is 0. The molecular formula is C12H11BrN4O. The lowest BCUT2D eigenvalue weighted by Gasteiger charge is -2.04. The van der Waals surface area contributed by atoms with Gasteiger partial charge in [0.25, 0.3) is 0 Å². The molecule has 0 fully saturated rings. The van der Waals surface area contributed by atoms with Gasteiger partial charge in [-0.1, -0.05) is 0 Å². The molecular weight excluding hydrogens is 296 g/mol. The summed E-state index contributed by atoms with van der Waals surface area (Å²) in [4.78, 5) is 14.8. The zero-order chi connectivity index (χ0) is 13.0. The summed E-state index contributed by atoms with van der Waals surface area (Å²) in [6.45, 7) is 7.03. The molecule has 92 valence electrons. The van der Waals surface area contributed by atoms with Crippen molar-refractivity contribution in [1.29, 1.82) is 0 Å². The summed E-state index contributed by atoms with van der Waals surface area (Å²) in [5.74, 6) is -0.0707. The third kappa shape index (κ3) is 2.87. The maximum Gasteiger partial charge on any atom is 0.224 e. The van der Waals surface area contributed by atoms with E-state index in [0.717, 1.165) is 15.7 Å². The van der Waals surface area contributed by atoms with E-state index >= 15 is 0 Å². The van der Waals surface area contributed by atoms with Crippen LogP contribution in [0.2, 0.25) is 0 Å². The summed E-state index contributed by atoms with van der Waals surface area (Å²) in [6.07, 6.45) is 4.45. The monoisotopic (exact) mass is 306 g/mol. The first-order chi connectivity index (χ1) is 8.70. The molecule has 2 heterocycles. The van der Waals surface area contributed by atoms with Crippen molar-refractivity contribution < 1.29 is 4.79 Å². The fraction of sp³-hybridized carbons (Fsp3) is 0.250. The second kappa shape index (κ2) is 5.65. The Morgan fingerprint density at radius 3 is 3.22 bits per heavy atom. The first kappa shape index (κ1) is 12.6. The number of rotatable bonds is 4. The number of nitrogens with zero attached hydrogens (tertiary/aromatic N) is 3. The van der Waals surface area contributed by atoms with E-state index in [0.29, 0.717) is 19.4 Å². The number of hydrogen-bond acceptors (Lipinski definition) is 2. The minimum absolute atomic E-state index is 0.0707. The average Bonchev–Trinajstić information content (AvgIpc) is 2.71. The number of pyridine rings is 1. The fourth-order valence-corrected chi connectivity index (χ4v) is 1.96. The number of nitrogens with one attached hydrogen (secondary N) is 1. The summed E-state index contributed by atoms with van der Waals surface area (Å²) >= 11 is 3.39. The zero-order valence-electron chi connectivity index (χ0n) is 9.56. The maximum atomic E-state index is 11.6. The SMILES string of the molecule is [C-]#[N+]CCCC(=O)Nc1ccn2ncc(Br)c2c1. The van der Waals surface area contributed by atoms with E-state index in [1.807, 2.05) is 6.07 Å². The van der Waals surface area contributed by atoms with Gasteiger partial charge in [-0.2, -0.15) is 5.10 Å². The summed E-state index contributed by atoms with van der Waals surface area (Å²) in [5.41, 5.74) is 1.63. The number of anilines is 1. The van der Waals surface area contributed by atoms with E-state index < -0.39 is 0 Å². The number of aromatic nitrogens is 2. The lowest BCUT2D eigenvalue weighted by Crippen LogP contribution is -2.11. The van der Waals surface area contributed by atoms with E-state index in [9.17, 15) is 4.79 Å². The van der Waals surface area contributed by atoms with E-state index in [4.69, 9.17) is 6.57 Å². The van der Waals surface area contributed by atoms with E-state index in [-0.39, 0.29) is 5.91 Å². The van der Waals surface area contributed by atoms with Crippen LogP contribution in [-0.4, -0.2) is 22.1 Å². The van der Waals surface area contributed by atoms with Crippen LogP contribution >= 0.6 is 15.9 Å². The molecule has 6 heteroatoms. The van der Waals surface area contributed by atoms with Crippen LogP contribution in [0.25, 0.3) is 10.4 Å². The molecule has 0 aromatic carbocycles. The number of hydrogen-bond donors (Lipinski definition) is 1. The topological polar surface area (TPSA) is 50.8 Å². The van der Waals surface area contributed by atoms with Crippen LogP contribution in [0.5, 0.6) is 0 Å². The number of halogens is 1. The highest BCUT2D eigenvalue weighted by atomic mass is 79.9. The summed E-state index contributed by atoms with van der Waals surface area (Å²) in [5, 5.41) is 6.93. The first-order valence-corrected chi connectivity index (χ1v) is 6.26. The van der Waals surface area contributed by atoms with Gasteiger partial charge in [-0.25, -0.2) is 11.1 Å². The highest BCUT2D eigenvalue weighted by Gasteiger charge is 2.06. The van der Waals surface area contributed by atoms with Gasteiger partial charge >= 0.3 is 0 Å². The number of amides is 1. The van der Waals surface area contributed by atoms with Gasteiger partial charge in [-0.15, -0.1) is 0 Å². The molecule has 1 N–H and O–H groups in total. The van der Waals surface area contributed by atoms with Crippen molar-refractivity contribution in [3.05, 3.63) is 40.4 Å². The van der Waals surface area contributed by atoms with Gasteiger partial charge in [-0.05, 0) is 28.1 Å². The molecule has 0 saturated carbocycles. The molecule has 0 atom stereocenters. The largest absolute Gasteiger partial charge is 0.326 e. The first-order valence-electron chi connectivity index (χ1n) is 5.46. The van der Waals surface area contributed by atoms with Crippen molar-refractivity contribution in [3.8, 4) is 0 Å². The van der Waals surface area contributed by atoms with Gasteiger partial charge in [-0.3, -0.25) is 4.79 Å². The Hall–Kier alpha value is -1.87. The Balaban J connectivity index is 2.05. The highest BCUT2D eigenvalue weighted by molar-refractivity contribution is 9.10. The number of carbonyl (C=O) groups excluding carboxylic acids is 1. The second-order valence-electron chi connectivity index (χ2n) is 3.77. The second-order valence-corrected chi connectivity index (χ2v) is 4.63. The molecule has 5 nitrogen and oxygen atoms in total. The zero-order valence-corrected chi connectivity index (χ0v) is 11.1. The minimum Gasteiger partial charge on any atom is -0.326 e. The molecule has 2 aromatic rings. The molecule has 0 unspecified atom stereocenters. The van der Waals surface area contributed by atoms with Gasteiger partial charge in [0.05, 0.1) is 16.2 Å². The lowest BCUT2D eigenvalue weighted by molar-refractivity contribution is -0.116. The Bertz CT molecular complexity index is 614. The number of carbonyl (C=O) groups is 1. The van der Waals surface area contributed by atoms with Crippen LogP contribution in [0.15, 0.2) is 29.0 Å². The van der Waals surface area contributed by atoms with E-state index in [1.165, 1.54) is 0 Å². The van der Waals surface area contributed by atoms with Crippen molar-refractivity contribution in [1.82, 2.24) is 9.61 Å². The molecule has 2 aromatic heterocycles. The molecule has 0 spiro atoms. The van der Waals surface area contributed by atoms with Gasteiger partial charge in [0, 0.05) is 24.7 Å². The molecule has 0 aliphatic carbocycles. The van der Waals surface area contributed by atoms with Crippen molar-refractivity contribution in [2.75, 3.05) is 11.9 Å². The maximum absolute atomic E-state index is 11.6. The molecule has 0 radical (unpaired) electrons. The molecule has 0 aliphatic heterocycles. The van der Waals surface area contributed by atoms with Crippen LogP contribution in [-0.2, 0) is 4.79 Å². The van der Waals surface area contributed by atoms with Crippen molar-refractivity contribution in [3.63, 3.8) is 0 Å². The quantitative estimate of drug-likeness (QED) is 0.697. The van der Waals surface area contributed by atoms with Crippen LogP contribution in [0.3, 0.4) is 0 Å². The Morgan fingerprint density at radius 1 is 1.61 bits per heavy atom. The molecule has 1 amide bonds. The predicted octanol–water partition coefficient (Wildman–Crippen LogP) is 2.73. The van der Waals surface area contributed by atoms with Crippen molar-refractivity contribution in [2.24, 2.45) is 0 Å². The average molecular weight is 307 g/mol. The molecule has 2 rings (SSSR count). The lowest BCUT2D eigenvalue weighted by atomic mass is 10.3. The fourth-order valence-electron chi connectivity index (χ4n) is 1.57. The summed E-state index contributed by atoms with van der Waals surface area (Å²) < 4.78 is 2.60. The van der Waals surface area contributed by atoms with Gasteiger partial charge in [0.1, 0.15) is 0 Å². The van der Waals surface area contributed by atoms with Crippen LogP contribution in [0.4, 0.5) is 5.69 Å². The van der Waals surface area contributed by atoms with E-state index in [1.54, 1.807) is 23.0 Å². The van der Waals surface area contributed by atoms with Gasteiger partial charge in [0.2, 0.25) is 12.5 Å². The number of fused-ring (bicyclic) bond motifs is 1. The normalized spacial score (nSPS) is 10.2. The summed E-state index contributed by atoms with van der Waals surface area (Å²) in [6, 6.07) is 3.64. The third-order valence-corrected chi connectivity index (χ3v) is 3.04. The Morgan fingerprint density at radius 2 is 2.44 bits per heavy atom. The molecule has 18 heavy (non-hydrogen) atoms. The third-order valence-electron chi connectivity index (χ3n) is 2.43. The molecule has 0 aliphatic rings. The Kier molecular flexibility index (Phi) is 3.95. The van der Waals surface area contributed by atoms with Crippen LogP contribution < -0.4 is 5.32 Å². The highest BCUT2D eigenvalue weighted by Crippen LogP contribution is 2.20. The van der Waals surface area contributed by atoms with Crippen LogP contribution in [0.1, 0.15) is 12.8 Å². The Labute approximate surface area is 113 Å². The predicted molar refractivity (Wildman–Crippen MR) is 72.2 cm³/mol. The van der Waals surface area contributed by atoms with Crippen molar-refractivity contribution in [2.45, 2.75) is 12.8 Å². The van der Waals surface area contributed by atoms with Crippen molar-refractivity contribution >= 4 is 33.0 Å². The van der Waals surface area contributed by atoms with E-state index in [2.05, 4.69) is 31.2 Å². The van der Waals surface area contributed by atoms with Gasteiger partial charge in [0.15, 0.2) is 0 Å².